The number of nitrogens with zero attached hydrogens (tertiary/aromatic N) is 1. The van der Waals surface area contributed by atoms with Gasteiger partial charge in [-0.05, 0) is 18.2 Å². The highest BCUT2D eigenvalue weighted by molar-refractivity contribution is 5.71. The summed E-state index contributed by atoms with van der Waals surface area (Å²) in [5.41, 5.74) is 3.82. The number of benzene rings is 1. The smallest absolute Gasteiger partial charge is 0.0561 e. The van der Waals surface area contributed by atoms with Crippen molar-refractivity contribution in [2.75, 3.05) is 5.43 Å². The fourth-order valence-electron chi connectivity index (χ4n) is 0.677. The minimum atomic E-state index is 0.977. The summed E-state index contributed by atoms with van der Waals surface area (Å²) in [5, 5.41) is 3.87. The second-order valence-electron chi connectivity index (χ2n) is 1.99. The Morgan fingerprint density at radius 2 is 2.00 bits per heavy atom. The minimum Gasteiger partial charge on any atom is -0.279 e. The fraction of sp³-hybridized carbons (Fsp3) is 0. The number of nitrogens with one attached hydrogen (secondary N) is 1. The Hall–Kier alpha value is -1.57. The van der Waals surface area contributed by atoms with Crippen LogP contribution < -0.4 is 5.43 Å². The molecule has 0 spiro atoms. The Kier molecular flexibility index (Phi) is 2.93. The third-order valence-corrected chi connectivity index (χ3v) is 1.15. The highest BCUT2D eigenvalue weighted by Crippen LogP contribution is 2.03. The summed E-state index contributed by atoms with van der Waals surface area (Å²) in [6.07, 6.45) is 3.23. The first kappa shape index (κ1) is 7.54. The maximum atomic E-state index is 3.87. The van der Waals surface area contributed by atoms with Crippen LogP contribution >= 0.6 is 0 Å². The first-order chi connectivity index (χ1) is 5.43. The molecule has 0 saturated carbocycles. The molecule has 0 atom stereocenters. The number of para-hydroxylation sites is 1. The van der Waals surface area contributed by atoms with Crippen molar-refractivity contribution in [2.24, 2.45) is 5.10 Å². The van der Waals surface area contributed by atoms with Crippen molar-refractivity contribution in [3.63, 3.8) is 0 Å². The topological polar surface area (TPSA) is 24.4 Å². The lowest BCUT2D eigenvalue weighted by Crippen LogP contribution is -1.86. The molecule has 0 amide bonds. The van der Waals surface area contributed by atoms with E-state index >= 15 is 0 Å². The van der Waals surface area contributed by atoms with Crippen LogP contribution in [0.15, 0.2) is 48.1 Å². The summed E-state index contributed by atoms with van der Waals surface area (Å²) in [7, 11) is 0. The van der Waals surface area contributed by atoms with Crippen molar-refractivity contribution in [1.29, 1.82) is 0 Å². The van der Waals surface area contributed by atoms with E-state index in [9.17, 15) is 0 Å². The summed E-state index contributed by atoms with van der Waals surface area (Å²) < 4.78 is 0. The van der Waals surface area contributed by atoms with Gasteiger partial charge in [0.05, 0.1) is 5.69 Å². The molecule has 0 unspecified atom stereocenters. The van der Waals surface area contributed by atoms with Gasteiger partial charge in [0.1, 0.15) is 0 Å². The van der Waals surface area contributed by atoms with E-state index in [2.05, 4.69) is 17.1 Å². The Bertz CT molecular complexity index is 239. The highest BCUT2D eigenvalue weighted by atomic mass is 15.3. The molecule has 11 heavy (non-hydrogen) atoms. The Labute approximate surface area is 66.3 Å². The van der Waals surface area contributed by atoms with E-state index < -0.39 is 0 Å². The molecular weight excluding hydrogens is 136 g/mol. The maximum Gasteiger partial charge on any atom is 0.0561 e. The number of hydrogen-bond donors (Lipinski definition) is 1. The molecule has 0 heterocycles. The van der Waals surface area contributed by atoms with Crippen molar-refractivity contribution in [3.05, 3.63) is 43.0 Å². The lowest BCUT2D eigenvalue weighted by Gasteiger charge is -1.95. The maximum absolute atomic E-state index is 3.87. The van der Waals surface area contributed by atoms with Gasteiger partial charge in [-0.3, -0.25) is 5.43 Å². The summed E-state index contributed by atoms with van der Waals surface area (Å²) in [4.78, 5) is 0. The summed E-state index contributed by atoms with van der Waals surface area (Å²) in [6.45, 7) is 3.50. The molecule has 1 aromatic rings. The van der Waals surface area contributed by atoms with Gasteiger partial charge < -0.3 is 0 Å². The highest BCUT2D eigenvalue weighted by Gasteiger charge is 1.81. The third-order valence-electron chi connectivity index (χ3n) is 1.15. The molecule has 1 rings (SSSR count). The summed E-state index contributed by atoms with van der Waals surface area (Å²) in [5.74, 6) is 0. The fourth-order valence-corrected chi connectivity index (χ4v) is 0.677. The molecule has 2 heteroatoms. The van der Waals surface area contributed by atoms with Crippen LogP contribution in [0.2, 0.25) is 0 Å². The van der Waals surface area contributed by atoms with Gasteiger partial charge in [-0.2, -0.15) is 5.10 Å². The normalized spacial score (nSPS) is 9.82. The lowest BCUT2D eigenvalue weighted by atomic mass is 10.3. The standard InChI is InChI=1S/C9H10N2/c1-2-8-10-11-9-6-4-3-5-7-9/h2-8,11H,1H2. The van der Waals surface area contributed by atoms with Crippen molar-refractivity contribution in [3.8, 4) is 0 Å². The molecule has 1 N–H and O–H groups in total. The van der Waals surface area contributed by atoms with E-state index in [1.165, 1.54) is 0 Å². The van der Waals surface area contributed by atoms with Gasteiger partial charge >= 0.3 is 0 Å². The van der Waals surface area contributed by atoms with Gasteiger partial charge in [-0.25, -0.2) is 0 Å². The second-order valence-corrected chi connectivity index (χ2v) is 1.99. The summed E-state index contributed by atoms with van der Waals surface area (Å²) in [6, 6.07) is 9.75. The number of rotatable bonds is 3. The number of anilines is 1. The molecule has 0 saturated heterocycles. The van der Waals surface area contributed by atoms with Crippen LogP contribution in [0, 0.1) is 0 Å². The average molecular weight is 146 g/mol. The van der Waals surface area contributed by atoms with Gasteiger partial charge in [0.2, 0.25) is 0 Å². The molecule has 56 valence electrons. The molecule has 2 nitrogen and oxygen atoms in total. The van der Waals surface area contributed by atoms with Crippen LogP contribution in [0.1, 0.15) is 0 Å². The van der Waals surface area contributed by atoms with Gasteiger partial charge in [0.15, 0.2) is 0 Å². The Balaban J connectivity index is 2.51. The zero-order chi connectivity index (χ0) is 7.94. The van der Waals surface area contributed by atoms with E-state index in [1.54, 1.807) is 12.3 Å². The van der Waals surface area contributed by atoms with Gasteiger partial charge in [-0.1, -0.05) is 24.8 Å². The zero-order valence-electron chi connectivity index (χ0n) is 6.20. The van der Waals surface area contributed by atoms with Crippen LogP contribution in [0.3, 0.4) is 0 Å². The number of allylic oxidation sites excluding steroid dienone is 1. The van der Waals surface area contributed by atoms with Crippen LogP contribution in [0.5, 0.6) is 0 Å². The quantitative estimate of drug-likeness (QED) is 0.513. The van der Waals surface area contributed by atoms with E-state index in [0.717, 1.165) is 5.69 Å². The van der Waals surface area contributed by atoms with Gasteiger partial charge in [-0.15, -0.1) is 0 Å². The molecule has 0 bridgehead atoms. The van der Waals surface area contributed by atoms with E-state index in [4.69, 9.17) is 0 Å². The first-order valence-corrected chi connectivity index (χ1v) is 3.38. The van der Waals surface area contributed by atoms with Crippen molar-refractivity contribution in [1.82, 2.24) is 0 Å². The van der Waals surface area contributed by atoms with E-state index in [-0.39, 0.29) is 0 Å². The number of hydrazone groups is 1. The zero-order valence-corrected chi connectivity index (χ0v) is 6.20. The van der Waals surface area contributed by atoms with E-state index in [0.29, 0.717) is 0 Å². The molecule has 0 aliphatic heterocycles. The third kappa shape index (κ3) is 2.67. The van der Waals surface area contributed by atoms with Crippen molar-refractivity contribution in [2.45, 2.75) is 0 Å². The van der Waals surface area contributed by atoms with Gasteiger partial charge in [0, 0.05) is 6.21 Å². The molecule has 0 aliphatic carbocycles. The number of hydrogen-bond acceptors (Lipinski definition) is 2. The SMILES string of the molecule is C=CC=NNc1ccccc1. The predicted octanol–water partition coefficient (Wildman–Crippen LogP) is 2.27. The first-order valence-electron chi connectivity index (χ1n) is 3.38. The largest absolute Gasteiger partial charge is 0.279 e. The lowest BCUT2D eigenvalue weighted by molar-refractivity contribution is 1.36. The minimum absolute atomic E-state index is 0.977. The van der Waals surface area contributed by atoms with E-state index in [1.807, 2.05) is 30.3 Å². The van der Waals surface area contributed by atoms with Crippen molar-refractivity contribution < 1.29 is 0 Å². The van der Waals surface area contributed by atoms with Gasteiger partial charge in [0.25, 0.3) is 0 Å². The molecule has 0 fully saturated rings. The summed E-state index contributed by atoms with van der Waals surface area (Å²) >= 11 is 0. The predicted molar refractivity (Wildman–Crippen MR) is 48.8 cm³/mol. The van der Waals surface area contributed by atoms with Crippen LogP contribution in [-0.2, 0) is 0 Å². The van der Waals surface area contributed by atoms with Crippen LogP contribution in [0.4, 0.5) is 5.69 Å². The second kappa shape index (κ2) is 4.28. The van der Waals surface area contributed by atoms with Crippen LogP contribution in [-0.4, -0.2) is 6.21 Å². The molecule has 0 aromatic heterocycles. The monoisotopic (exact) mass is 146 g/mol. The average Bonchev–Trinajstić information content (AvgIpc) is 2.07. The Morgan fingerprint density at radius 3 is 2.64 bits per heavy atom. The Morgan fingerprint density at radius 1 is 1.27 bits per heavy atom. The molecule has 0 radical (unpaired) electrons. The van der Waals surface area contributed by atoms with Crippen molar-refractivity contribution >= 4 is 11.9 Å². The molecular formula is C9H10N2. The van der Waals surface area contributed by atoms with Crippen LogP contribution in [0.25, 0.3) is 0 Å². The molecule has 0 aliphatic rings. The molecule has 1 aromatic carbocycles.